The number of carbonyl (C=O) groups excluding carboxylic acids is 1. The van der Waals surface area contributed by atoms with Gasteiger partial charge in [0.25, 0.3) is 0 Å². The van der Waals surface area contributed by atoms with Crippen LogP contribution in [-0.4, -0.2) is 63.3 Å². The Balaban J connectivity index is 1.84. The number of nitrogens with one attached hydrogen (secondary N) is 2. The molecule has 1 amide bonds. The fourth-order valence-corrected chi connectivity index (χ4v) is 2.84. The molecule has 7 heteroatoms. The predicted octanol–water partition coefficient (Wildman–Crippen LogP) is 2.31. The molecule has 0 bridgehead atoms. The summed E-state index contributed by atoms with van der Waals surface area (Å²) in [6.45, 7) is 5.99. The first-order valence-electron chi connectivity index (χ1n) is 10.6. The molecule has 0 spiro atoms. The van der Waals surface area contributed by atoms with E-state index in [1.165, 1.54) is 5.56 Å². The average Bonchev–Trinajstić information content (AvgIpc) is 2.75. The van der Waals surface area contributed by atoms with Crippen LogP contribution >= 0.6 is 0 Å². The first-order chi connectivity index (χ1) is 14.1. The zero-order valence-corrected chi connectivity index (χ0v) is 18.1. The second kappa shape index (κ2) is 13.2. The minimum absolute atomic E-state index is 0.0175. The lowest BCUT2D eigenvalue weighted by Crippen LogP contribution is -2.43. The largest absolute Gasteiger partial charge is 0.381 e. The van der Waals surface area contributed by atoms with E-state index in [0.29, 0.717) is 25.2 Å². The molecule has 1 aromatic carbocycles. The summed E-state index contributed by atoms with van der Waals surface area (Å²) in [5, 5.41) is 6.41. The molecule has 0 atom stereocenters. The maximum absolute atomic E-state index is 11.8. The quantitative estimate of drug-likeness (QED) is 0.356. The highest BCUT2D eigenvalue weighted by Gasteiger charge is 2.13. The van der Waals surface area contributed by atoms with Crippen LogP contribution in [0.5, 0.6) is 0 Å². The lowest BCUT2D eigenvalue weighted by molar-refractivity contribution is -0.127. The molecule has 7 nitrogen and oxygen atoms in total. The van der Waals surface area contributed by atoms with E-state index >= 15 is 0 Å². The number of likely N-dealkylation sites (N-methyl/N-ethyl adjacent to an activating group) is 1. The van der Waals surface area contributed by atoms with E-state index < -0.39 is 0 Å². The molecule has 1 heterocycles. The molecular weight excluding hydrogens is 368 g/mol. The molecular formula is C22H36N4O3. The van der Waals surface area contributed by atoms with Gasteiger partial charge in [0.05, 0.1) is 25.8 Å². The Morgan fingerprint density at radius 2 is 1.86 bits per heavy atom. The number of rotatable bonds is 10. The standard InChI is InChI=1S/C22H36N4O3/c1-4-5-12-23-22(25-16-21(27)26(2)3)24-15-18-6-8-19(9-7-18)17-29-20-10-13-28-14-11-20/h6-9,20H,4-5,10-17H2,1-3H3,(H2,23,24,25). The fraction of sp³-hybridized carbons (Fsp3) is 0.636. The molecule has 2 rings (SSSR count). The maximum Gasteiger partial charge on any atom is 0.241 e. The van der Waals surface area contributed by atoms with Gasteiger partial charge in [-0.25, -0.2) is 4.99 Å². The highest BCUT2D eigenvalue weighted by atomic mass is 16.5. The maximum atomic E-state index is 11.8. The smallest absolute Gasteiger partial charge is 0.241 e. The van der Waals surface area contributed by atoms with Crippen molar-refractivity contribution in [2.75, 3.05) is 40.4 Å². The van der Waals surface area contributed by atoms with Gasteiger partial charge in [0.2, 0.25) is 5.91 Å². The van der Waals surface area contributed by atoms with Crippen molar-refractivity contribution in [3.63, 3.8) is 0 Å². The van der Waals surface area contributed by atoms with E-state index in [1.54, 1.807) is 19.0 Å². The molecule has 1 saturated heterocycles. The third-order valence-corrected chi connectivity index (χ3v) is 4.83. The number of hydrogen-bond donors (Lipinski definition) is 2. The first kappa shape index (κ1) is 23.2. The van der Waals surface area contributed by atoms with Crippen LogP contribution in [0.4, 0.5) is 0 Å². The number of hydrogen-bond acceptors (Lipinski definition) is 4. The Morgan fingerprint density at radius 3 is 2.52 bits per heavy atom. The summed E-state index contributed by atoms with van der Waals surface area (Å²) in [7, 11) is 3.50. The van der Waals surface area contributed by atoms with Gasteiger partial charge in [0.1, 0.15) is 0 Å². The molecule has 162 valence electrons. The third-order valence-electron chi connectivity index (χ3n) is 4.83. The molecule has 0 aliphatic carbocycles. The number of unbranched alkanes of at least 4 members (excludes halogenated alkanes) is 1. The van der Waals surface area contributed by atoms with E-state index in [-0.39, 0.29) is 12.5 Å². The number of ether oxygens (including phenoxy) is 2. The van der Waals surface area contributed by atoms with Crippen molar-refractivity contribution >= 4 is 11.9 Å². The number of carbonyl (C=O) groups is 1. The molecule has 1 aliphatic rings. The fourth-order valence-electron chi connectivity index (χ4n) is 2.84. The van der Waals surface area contributed by atoms with E-state index in [2.05, 4.69) is 46.8 Å². The highest BCUT2D eigenvalue weighted by Crippen LogP contribution is 2.14. The van der Waals surface area contributed by atoms with Crippen LogP contribution in [0.15, 0.2) is 29.3 Å². The summed E-state index contributed by atoms with van der Waals surface area (Å²) in [6, 6.07) is 8.36. The van der Waals surface area contributed by atoms with Crippen molar-refractivity contribution in [1.29, 1.82) is 0 Å². The van der Waals surface area contributed by atoms with Crippen molar-refractivity contribution in [3.05, 3.63) is 35.4 Å². The van der Waals surface area contributed by atoms with Crippen LogP contribution in [-0.2, 0) is 27.4 Å². The Hall–Kier alpha value is -2.12. The number of nitrogens with zero attached hydrogens (tertiary/aromatic N) is 2. The molecule has 1 aromatic rings. The van der Waals surface area contributed by atoms with Crippen LogP contribution in [0.1, 0.15) is 43.7 Å². The second-order valence-electron chi connectivity index (χ2n) is 7.53. The van der Waals surface area contributed by atoms with Gasteiger partial charge in [-0.2, -0.15) is 0 Å². The highest BCUT2D eigenvalue weighted by molar-refractivity contribution is 5.86. The molecule has 0 radical (unpaired) electrons. The number of amides is 1. The molecule has 0 aromatic heterocycles. The zero-order chi connectivity index (χ0) is 20.9. The van der Waals surface area contributed by atoms with Gasteiger partial charge < -0.3 is 25.0 Å². The monoisotopic (exact) mass is 404 g/mol. The van der Waals surface area contributed by atoms with Gasteiger partial charge in [-0.3, -0.25) is 4.79 Å². The lowest BCUT2D eigenvalue weighted by atomic mass is 10.1. The third kappa shape index (κ3) is 9.28. The van der Waals surface area contributed by atoms with Gasteiger partial charge in [0.15, 0.2) is 5.96 Å². The topological polar surface area (TPSA) is 75.2 Å². The van der Waals surface area contributed by atoms with Crippen LogP contribution in [0.3, 0.4) is 0 Å². The molecule has 0 unspecified atom stereocenters. The zero-order valence-electron chi connectivity index (χ0n) is 18.1. The molecule has 0 saturated carbocycles. The Morgan fingerprint density at radius 1 is 1.17 bits per heavy atom. The predicted molar refractivity (Wildman–Crippen MR) is 116 cm³/mol. The first-order valence-corrected chi connectivity index (χ1v) is 10.6. The van der Waals surface area contributed by atoms with Crippen molar-refractivity contribution < 1.29 is 14.3 Å². The number of guanidine groups is 1. The van der Waals surface area contributed by atoms with Crippen LogP contribution < -0.4 is 10.6 Å². The summed E-state index contributed by atoms with van der Waals surface area (Å²) in [5.74, 6) is 0.685. The number of aliphatic imine (C=N–C) groups is 1. The minimum Gasteiger partial charge on any atom is -0.381 e. The van der Waals surface area contributed by atoms with E-state index in [1.807, 2.05) is 0 Å². The summed E-state index contributed by atoms with van der Waals surface area (Å²) in [4.78, 5) is 18.0. The van der Waals surface area contributed by atoms with Crippen molar-refractivity contribution in [3.8, 4) is 0 Å². The molecule has 1 fully saturated rings. The Labute approximate surface area is 174 Å². The minimum atomic E-state index is 0.0175. The Kier molecular flexibility index (Phi) is 10.5. The van der Waals surface area contributed by atoms with Gasteiger partial charge >= 0.3 is 0 Å². The van der Waals surface area contributed by atoms with Crippen LogP contribution in [0.25, 0.3) is 0 Å². The average molecular weight is 405 g/mol. The Bertz CT molecular complexity index is 625. The molecule has 1 aliphatic heterocycles. The van der Waals surface area contributed by atoms with Crippen LogP contribution in [0.2, 0.25) is 0 Å². The van der Waals surface area contributed by atoms with Crippen molar-refractivity contribution in [2.45, 2.75) is 51.9 Å². The van der Waals surface area contributed by atoms with E-state index in [0.717, 1.165) is 51.0 Å². The lowest BCUT2D eigenvalue weighted by Gasteiger charge is -2.22. The van der Waals surface area contributed by atoms with Crippen molar-refractivity contribution in [1.82, 2.24) is 15.5 Å². The second-order valence-corrected chi connectivity index (χ2v) is 7.53. The van der Waals surface area contributed by atoms with Gasteiger partial charge in [-0.1, -0.05) is 37.6 Å². The van der Waals surface area contributed by atoms with Crippen LogP contribution in [0, 0.1) is 0 Å². The SMILES string of the molecule is CCCCNC(=NCc1ccc(COC2CCOCC2)cc1)NCC(=O)N(C)C. The van der Waals surface area contributed by atoms with E-state index in [4.69, 9.17) is 9.47 Å². The molecule has 2 N–H and O–H groups in total. The van der Waals surface area contributed by atoms with E-state index in [9.17, 15) is 4.79 Å². The normalized spacial score (nSPS) is 15.2. The summed E-state index contributed by atoms with van der Waals surface area (Å²) in [6.07, 6.45) is 4.42. The summed E-state index contributed by atoms with van der Waals surface area (Å²) in [5.41, 5.74) is 2.29. The number of benzene rings is 1. The van der Waals surface area contributed by atoms with Gasteiger partial charge in [-0.15, -0.1) is 0 Å². The van der Waals surface area contributed by atoms with Gasteiger partial charge in [-0.05, 0) is 30.4 Å². The van der Waals surface area contributed by atoms with Crippen molar-refractivity contribution in [2.24, 2.45) is 4.99 Å². The molecule has 29 heavy (non-hydrogen) atoms. The summed E-state index contributed by atoms with van der Waals surface area (Å²) < 4.78 is 11.3. The van der Waals surface area contributed by atoms with Gasteiger partial charge in [0, 0.05) is 33.9 Å². The summed E-state index contributed by atoms with van der Waals surface area (Å²) >= 11 is 0.